The smallest absolute Gasteiger partial charge is 0.339 e. The second-order valence-electron chi connectivity index (χ2n) is 6.48. The fourth-order valence-electron chi connectivity index (χ4n) is 3.02. The van der Waals surface area contributed by atoms with Crippen molar-refractivity contribution in [1.29, 1.82) is 0 Å². The average molecular weight is 401 g/mol. The van der Waals surface area contributed by atoms with E-state index >= 15 is 0 Å². The molecule has 1 aliphatic rings. The largest absolute Gasteiger partial charge is 0.462 e. The zero-order valence-electron chi connectivity index (χ0n) is 15.5. The Hall–Kier alpha value is -2.86. The molecule has 0 saturated carbocycles. The van der Waals surface area contributed by atoms with Crippen molar-refractivity contribution in [3.63, 3.8) is 0 Å². The van der Waals surface area contributed by atoms with E-state index in [0.717, 1.165) is 18.5 Å². The highest BCUT2D eigenvalue weighted by Gasteiger charge is 2.20. The van der Waals surface area contributed by atoms with Crippen molar-refractivity contribution in [2.75, 3.05) is 18.5 Å². The van der Waals surface area contributed by atoms with Gasteiger partial charge >= 0.3 is 5.97 Å². The van der Waals surface area contributed by atoms with Crippen LogP contribution in [0.15, 0.2) is 42.5 Å². The van der Waals surface area contributed by atoms with Gasteiger partial charge in [0.05, 0.1) is 17.2 Å². The molecule has 1 aliphatic heterocycles. The van der Waals surface area contributed by atoms with Crippen molar-refractivity contribution in [3.8, 4) is 0 Å². The van der Waals surface area contributed by atoms with Gasteiger partial charge in [-0.3, -0.25) is 9.59 Å². The lowest BCUT2D eigenvalue weighted by atomic mass is 10.1. The number of amides is 2. The Morgan fingerprint density at radius 3 is 2.54 bits per heavy atom. The molecule has 6 nitrogen and oxygen atoms in total. The van der Waals surface area contributed by atoms with Crippen molar-refractivity contribution < 1.29 is 19.1 Å². The predicted molar refractivity (Wildman–Crippen MR) is 106 cm³/mol. The molecule has 0 unspecified atom stereocenters. The number of nitrogens with zero attached hydrogens (tertiary/aromatic N) is 1. The molecule has 0 aliphatic carbocycles. The summed E-state index contributed by atoms with van der Waals surface area (Å²) in [6.45, 7) is 3.32. The van der Waals surface area contributed by atoms with Gasteiger partial charge in [-0.15, -0.1) is 0 Å². The lowest BCUT2D eigenvalue weighted by Crippen LogP contribution is -2.23. The van der Waals surface area contributed by atoms with Crippen LogP contribution in [0.5, 0.6) is 0 Å². The summed E-state index contributed by atoms with van der Waals surface area (Å²) in [5.74, 6) is -0.619. The van der Waals surface area contributed by atoms with Crippen molar-refractivity contribution in [2.24, 2.45) is 0 Å². The van der Waals surface area contributed by atoms with Crippen LogP contribution in [0.2, 0.25) is 5.02 Å². The van der Waals surface area contributed by atoms with Crippen LogP contribution < -0.4 is 5.32 Å². The first kappa shape index (κ1) is 19.9. The first-order chi connectivity index (χ1) is 13.5. The maximum absolute atomic E-state index is 12.4. The zero-order valence-corrected chi connectivity index (χ0v) is 16.3. The van der Waals surface area contributed by atoms with E-state index in [2.05, 4.69) is 5.32 Å². The summed E-state index contributed by atoms with van der Waals surface area (Å²) in [5.41, 5.74) is 2.20. The average Bonchev–Trinajstić information content (AvgIpc) is 3.07. The highest BCUT2D eigenvalue weighted by molar-refractivity contribution is 6.34. The lowest BCUT2D eigenvalue weighted by Gasteiger charge is -2.15. The number of nitrogens with one attached hydrogen (secondary N) is 1. The number of esters is 1. The van der Waals surface area contributed by atoms with E-state index in [0.29, 0.717) is 24.2 Å². The molecule has 3 rings (SSSR count). The van der Waals surface area contributed by atoms with E-state index in [4.69, 9.17) is 16.3 Å². The Morgan fingerprint density at radius 2 is 1.93 bits per heavy atom. The number of likely N-dealkylation sites (tertiary alicyclic amines) is 1. The molecular formula is C21H21ClN2O4. The molecule has 1 saturated heterocycles. The molecule has 1 fully saturated rings. The number of hydrogen-bond donors (Lipinski definition) is 1. The molecule has 28 heavy (non-hydrogen) atoms. The standard InChI is InChI=1S/C21H21ClN2O4/c1-2-28-21(27)17-10-9-16(12-18(17)22)23-20(26)15-7-5-14(6-8-15)13-24-11-3-4-19(24)25/h5-10,12H,2-4,11,13H2,1H3,(H,23,26). The van der Waals surface area contributed by atoms with Gasteiger partial charge in [0, 0.05) is 30.8 Å². The molecule has 1 heterocycles. The molecule has 0 radical (unpaired) electrons. The first-order valence-electron chi connectivity index (χ1n) is 9.12. The van der Waals surface area contributed by atoms with Gasteiger partial charge in [0.25, 0.3) is 5.91 Å². The van der Waals surface area contributed by atoms with Gasteiger partial charge in [-0.1, -0.05) is 23.7 Å². The van der Waals surface area contributed by atoms with Crippen LogP contribution in [0, 0.1) is 0 Å². The van der Waals surface area contributed by atoms with Crippen molar-refractivity contribution in [2.45, 2.75) is 26.3 Å². The minimum Gasteiger partial charge on any atom is -0.462 e. The SMILES string of the molecule is CCOC(=O)c1ccc(NC(=O)c2ccc(CN3CCCC3=O)cc2)cc1Cl. The number of halogens is 1. The number of hydrogen-bond acceptors (Lipinski definition) is 4. The van der Waals surface area contributed by atoms with E-state index in [9.17, 15) is 14.4 Å². The number of carbonyl (C=O) groups is 3. The van der Waals surface area contributed by atoms with Gasteiger partial charge < -0.3 is 15.0 Å². The van der Waals surface area contributed by atoms with E-state index in [1.54, 1.807) is 25.1 Å². The second kappa shape index (κ2) is 8.89. The van der Waals surface area contributed by atoms with Crippen molar-refractivity contribution in [1.82, 2.24) is 4.90 Å². The Kier molecular flexibility index (Phi) is 6.31. The highest BCUT2D eigenvalue weighted by Crippen LogP contribution is 2.22. The number of anilines is 1. The van der Waals surface area contributed by atoms with E-state index in [-0.39, 0.29) is 29.0 Å². The fraction of sp³-hybridized carbons (Fsp3) is 0.286. The van der Waals surface area contributed by atoms with Crippen LogP contribution in [0.25, 0.3) is 0 Å². The van der Waals surface area contributed by atoms with Gasteiger partial charge in [-0.05, 0) is 49.2 Å². The maximum atomic E-state index is 12.4. The van der Waals surface area contributed by atoms with Gasteiger partial charge in [-0.25, -0.2) is 4.79 Å². The highest BCUT2D eigenvalue weighted by atomic mass is 35.5. The molecule has 2 aromatic carbocycles. The topological polar surface area (TPSA) is 75.7 Å². The molecule has 2 aromatic rings. The minimum absolute atomic E-state index is 0.171. The molecule has 0 bridgehead atoms. The Balaban J connectivity index is 1.63. The summed E-state index contributed by atoms with van der Waals surface area (Å²) >= 11 is 6.12. The molecule has 2 amide bonds. The van der Waals surface area contributed by atoms with Gasteiger partial charge in [0.2, 0.25) is 5.91 Å². The number of benzene rings is 2. The van der Waals surface area contributed by atoms with E-state index in [1.807, 2.05) is 17.0 Å². The third kappa shape index (κ3) is 4.70. The monoisotopic (exact) mass is 400 g/mol. The van der Waals surface area contributed by atoms with Gasteiger partial charge in [-0.2, -0.15) is 0 Å². The predicted octanol–water partition coefficient (Wildman–Crippen LogP) is 3.89. The molecule has 1 N–H and O–H groups in total. The molecule has 0 atom stereocenters. The van der Waals surface area contributed by atoms with Crippen molar-refractivity contribution >= 4 is 35.1 Å². The van der Waals surface area contributed by atoms with Crippen LogP contribution in [0.3, 0.4) is 0 Å². The minimum atomic E-state index is -0.502. The molecule has 146 valence electrons. The summed E-state index contributed by atoms with van der Waals surface area (Å²) in [7, 11) is 0. The zero-order chi connectivity index (χ0) is 20.1. The van der Waals surface area contributed by atoms with Crippen LogP contribution in [0.1, 0.15) is 46.0 Å². The molecule has 0 aromatic heterocycles. The van der Waals surface area contributed by atoms with Gasteiger partial charge in [0.1, 0.15) is 0 Å². The van der Waals surface area contributed by atoms with Gasteiger partial charge in [0.15, 0.2) is 0 Å². The molecule has 0 spiro atoms. The normalized spacial score (nSPS) is 13.5. The Morgan fingerprint density at radius 1 is 1.18 bits per heavy atom. The van der Waals surface area contributed by atoms with Crippen LogP contribution in [0.4, 0.5) is 5.69 Å². The third-order valence-electron chi connectivity index (χ3n) is 4.48. The fourth-order valence-corrected chi connectivity index (χ4v) is 3.28. The molecule has 7 heteroatoms. The number of rotatable bonds is 6. The lowest BCUT2D eigenvalue weighted by molar-refractivity contribution is -0.128. The maximum Gasteiger partial charge on any atom is 0.339 e. The quantitative estimate of drug-likeness (QED) is 0.746. The second-order valence-corrected chi connectivity index (χ2v) is 6.89. The van der Waals surface area contributed by atoms with E-state index in [1.165, 1.54) is 12.1 Å². The summed E-state index contributed by atoms with van der Waals surface area (Å²) in [6, 6.07) is 11.8. The van der Waals surface area contributed by atoms with Crippen LogP contribution in [-0.2, 0) is 16.1 Å². The number of ether oxygens (including phenoxy) is 1. The number of carbonyl (C=O) groups excluding carboxylic acids is 3. The Bertz CT molecular complexity index is 896. The van der Waals surface area contributed by atoms with E-state index < -0.39 is 5.97 Å². The summed E-state index contributed by atoms with van der Waals surface area (Å²) in [4.78, 5) is 37.8. The van der Waals surface area contributed by atoms with Crippen LogP contribution in [-0.4, -0.2) is 35.8 Å². The van der Waals surface area contributed by atoms with Crippen molar-refractivity contribution in [3.05, 3.63) is 64.2 Å². The first-order valence-corrected chi connectivity index (χ1v) is 9.50. The summed E-state index contributed by atoms with van der Waals surface area (Å²) in [5, 5.41) is 2.97. The third-order valence-corrected chi connectivity index (χ3v) is 4.80. The van der Waals surface area contributed by atoms with Crippen LogP contribution >= 0.6 is 11.6 Å². The summed E-state index contributed by atoms with van der Waals surface area (Å²) < 4.78 is 4.93. The molecular weight excluding hydrogens is 380 g/mol. The summed E-state index contributed by atoms with van der Waals surface area (Å²) in [6.07, 6.45) is 1.51. The Labute approximate surface area is 168 Å².